The molecule has 1 aromatic rings. The van der Waals surface area contributed by atoms with Crippen LogP contribution in [-0.4, -0.2) is 89.7 Å². The third-order valence-corrected chi connectivity index (χ3v) is 7.37. The van der Waals surface area contributed by atoms with Crippen molar-refractivity contribution in [2.45, 2.75) is 88.6 Å². The molecule has 15 heteroatoms. The van der Waals surface area contributed by atoms with Crippen molar-refractivity contribution in [3.63, 3.8) is 0 Å². The summed E-state index contributed by atoms with van der Waals surface area (Å²) in [5.41, 5.74) is 8.12. The molecular formula is C28H37F2N7O6. The smallest absolute Gasteiger partial charge is 0.267 e. The molecule has 2 aliphatic rings. The molecule has 43 heavy (non-hydrogen) atoms. The number of likely N-dealkylation sites (tertiary alicyclic amines) is 1. The van der Waals surface area contributed by atoms with E-state index in [0.29, 0.717) is 17.7 Å². The number of rotatable bonds is 15. The largest absolute Gasteiger partial charge is 0.361 e. The molecule has 2 aliphatic heterocycles. The molecule has 4 amide bonds. The second kappa shape index (κ2) is 14.4. The van der Waals surface area contributed by atoms with Crippen molar-refractivity contribution < 1.29 is 37.5 Å². The first-order valence-electron chi connectivity index (χ1n) is 14.1. The second-order valence-electron chi connectivity index (χ2n) is 11.1. The molecule has 0 unspecified atom stereocenters. The number of epoxide rings is 1. The number of unbranched alkanes of at least 4 members (excludes halogenated alkanes) is 1. The molecule has 0 aromatic heterocycles. The monoisotopic (exact) mass is 605 g/mol. The van der Waals surface area contributed by atoms with Gasteiger partial charge in [-0.05, 0) is 37.8 Å². The Hall–Kier alpha value is -4.10. The number of halogens is 2. The van der Waals surface area contributed by atoms with E-state index in [9.17, 15) is 32.8 Å². The van der Waals surface area contributed by atoms with Gasteiger partial charge in [-0.15, -0.1) is 0 Å². The van der Waals surface area contributed by atoms with Crippen LogP contribution in [-0.2, 0) is 35.1 Å². The summed E-state index contributed by atoms with van der Waals surface area (Å²) in [7, 11) is 0. The molecule has 2 saturated heterocycles. The topological polar surface area (TPSA) is 186 Å². The van der Waals surface area contributed by atoms with Gasteiger partial charge >= 0.3 is 0 Å². The third-order valence-electron chi connectivity index (χ3n) is 7.37. The lowest BCUT2D eigenvalue weighted by molar-refractivity contribution is -0.142. The van der Waals surface area contributed by atoms with Crippen molar-refractivity contribution in [1.82, 2.24) is 20.9 Å². The third kappa shape index (κ3) is 9.19. The van der Waals surface area contributed by atoms with Gasteiger partial charge in [0.2, 0.25) is 23.6 Å². The van der Waals surface area contributed by atoms with Crippen LogP contribution < -0.4 is 16.0 Å². The zero-order valence-corrected chi connectivity index (χ0v) is 24.3. The SMILES string of the molecule is CCCC[C@H](NC(=O)[C@@H]1CC(F)(F)CN1C(=O)[C@H](C)NC(=O)CN=[N+]=[N-])C(=O)N[C@@H](Cc1ccccc1)C(=O)[C@@]1(C)CO1. The van der Waals surface area contributed by atoms with Crippen molar-refractivity contribution in [1.29, 1.82) is 0 Å². The Balaban J connectivity index is 1.75. The predicted octanol–water partition coefficient (Wildman–Crippen LogP) is 1.80. The summed E-state index contributed by atoms with van der Waals surface area (Å²) in [6, 6.07) is 4.00. The molecule has 0 aliphatic carbocycles. The second-order valence-corrected chi connectivity index (χ2v) is 11.1. The minimum Gasteiger partial charge on any atom is -0.361 e. The van der Waals surface area contributed by atoms with Gasteiger partial charge in [0.1, 0.15) is 30.3 Å². The summed E-state index contributed by atoms with van der Waals surface area (Å²) >= 11 is 0. The molecule has 0 radical (unpaired) electrons. The normalized spacial score (nSPS) is 22.3. The van der Waals surface area contributed by atoms with Gasteiger partial charge in [-0.2, -0.15) is 0 Å². The molecular weight excluding hydrogens is 568 g/mol. The maximum atomic E-state index is 14.5. The Labute approximate surface area is 247 Å². The van der Waals surface area contributed by atoms with Crippen LogP contribution in [0.15, 0.2) is 35.4 Å². The number of amides is 4. The van der Waals surface area contributed by atoms with Crippen LogP contribution in [0.1, 0.15) is 52.0 Å². The summed E-state index contributed by atoms with van der Waals surface area (Å²) in [4.78, 5) is 68.0. The molecule has 2 fully saturated rings. The van der Waals surface area contributed by atoms with Crippen LogP contribution in [0, 0.1) is 0 Å². The molecule has 13 nitrogen and oxygen atoms in total. The average Bonchev–Trinajstić information content (AvgIpc) is 3.64. The quantitative estimate of drug-likeness (QED) is 0.118. The van der Waals surface area contributed by atoms with Crippen molar-refractivity contribution in [3.05, 3.63) is 46.3 Å². The highest BCUT2D eigenvalue weighted by atomic mass is 19.3. The molecule has 3 N–H and O–H groups in total. The van der Waals surface area contributed by atoms with E-state index in [0.717, 1.165) is 5.56 Å². The van der Waals surface area contributed by atoms with Crippen LogP contribution in [0.5, 0.6) is 0 Å². The number of alkyl halides is 2. The standard InChI is InChI=1S/C28H37F2N7O6/c1-4-5-11-19(24(40)35-20(23(39)27(3)16-43-27)12-18-9-7-6-8-10-18)34-25(41)21-13-28(29,30)15-37(21)26(42)17(2)33-22(38)14-32-36-31/h6-10,17,19-21H,4-5,11-16H2,1-3H3,(H,33,38)(H,34,41)(H,35,40)/t17-,19-,20-,21-,27+/m0/s1. The van der Waals surface area contributed by atoms with Gasteiger partial charge in [0.15, 0.2) is 5.78 Å². The lowest BCUT2D eigenvalue weighted by Crippen LogP contribution is -2.57. The summed E-state index contributed by atoms with van der Waals surface area (Å²) < 4.78 is 34.3. The van der Waals surface area contributed by atoms with Crippen molar-refractivity contribution >= 4 is 29.4 Å². The number of benzene rings is 1. The van der Waals surface area contributed by atoms with E-state index in [1.54, 1.807) is 19.1 Å². The van der Waals surface area contributed by atoms with Gasteiger partial charge < -0.3 is 25.6 Å². The first kappa shape index (κ1) is 33.4. The van der Waals surface area contributed by atoms with Crippen LogP contribution in [0.25, 0.3) is 10.4 Å². The zero-order valence-electron chi connectivity index (χ0n) is 24.3. The number of azide groups is 1. The highest BCUT2D eigenvalue weighted by Gasteiger charge is 2.52. The number of hydrogen-bond acceptors (Lipinski definition) is 7. The van der Waals surface area contributed by atoms with Crippen molar-refractivity contribution in [2.24, 2.45) is 5.11 Å². The van der Waals surface area contributed by atoms with Gasteiger partial charge in [-0.1, -0.05) is 55.2 Å². The summed E-state index contributed by atoms with van der Waals surface area (Å²) in [5, 5.41) is 10.6. The maximum Gasteiger partial charge on any atom is 0.267 e. The molecule has 0 bridgehead atoms. The first-order chi connectivity index (χ1) is 20.3. The fraction of sp³-hybridized carbons (Fsp3) is 0.607. The Morgan fingerprint density at radius 1 is 1.14 bits per heavy atom. The number of hydrogen-bond donors (Lipinski definition) is 3. The summed E-state index contributed by atoms with van der Waals surface area (Å²) in [5.74, 6) is -7.08. The van der Waals surface area contributed by atoms with Gasteiger partial charge in [0.05, 0.1) is 19.2 Å². The summed E-state index contributed by atoms with van der Waals surface area (Å²) in [6.07, 6.45) is 0.540. The van der Waals surface area contributed by atoms with Crippen LogP contribution in [0.4, 0.5) is 8.78 Å². The lowest BCUT2D eigenvalue weighted by Gasteiger charge is -2.29. The molecule has 0 spiro atoms. The highest BCUT2D eigenvalue weighted by Crippen LogP contribution is 2.33. The Kier molecular flexibility index (Phi) is 11.2. The summed E-state index contributed by atoms with van der Waals surface area (Å²) in [6.45, 7) is 3.32. The number of nitrogens with zero attached hydrogens (tertiary/aromatic N) is 4. The van der Waals surface area contributed by atoms with E-state index in [4.69, 9.17) is 10.3 Å². The number of ketones is 1. The van der Waals surface area contributed by atoms with Crippen LogP contribution in [0.2, 0.25) is 0 Å². The van der Waals surface area contributed by atoms with E-state index in [-0.39, 0.29) is 25.2 Å². The highest BCUT2D eigenvalue weighted by molar-refractivity contribution is 5.99. The molecule has 0 saturated carbocycles. The Morgan fingerprint density at radius 3 is 2.42 bits per heavy atom. The van der Waals surface area contributed by atoms with Crippen molar-refractivity contribution in [3.8, 4) is 0 Å². The van der Waals surface area contributed by atoms with Gasteiger partial charge in [0, 0.05) is 11.3 Å². The molecule has 5 atom stereocenters. The van der Waals surface area contributed by atoms with Gasteiger partial charge in [0.25, 0.3) is 5.92 Å². The van der Waals surface area contributed by atoms with E-state index in [1.807, 2.05) is 25.1 Å². The number of carbonyl (C=O) groups excluding carboxylic acids is 5. The van der Waals surface area contributed by atoms with Gasteiger partial charge in [-0.25, -0.2) is 8.78 Å². The predicted molar refractivity (Wildman–Crippen MR) is 150 cm³/mol. The Morgan fingerprint density at radius 2 is 1.81 bits per heavy atom. The van der Waals surface area contributed by atoms with E-state index in [2.05, 4.69) is 26.0 Å². The van der Waals surface area contributed by atoms with Gasteiger partial charge in [-0.3, -0.25) is 24.0 Å². The van der Waals surface area contributed by atoms with E-state index >= 15 is 0 Å². The average molecular weight is 606 g/mol. The number of carbonyl (C=O) groups is 5. The lowest BCUT2D eigenvalue weighted by atomic mass is 9.94. The number of Topliss-reactive ketones (excluding diaryl/α,β-unsaturated/α-hetero) is 1. The molecule has 234 valence electrons. The van der Waals surface area contributed by atoms with E-state index < -0.39 is 78.8 Å². The maximum absolute atomic E-state index is 14.5. The first-order valence-corrected chi connectivity index (χ1v) is 14.1. The van der Waals surface area contributed by atoms with E-state index in [1.165, 1.54) is 6.92 Å². The molecule has 1 aromatic carbocycles. The Bertz CT molecular complexity index is 1250. The fourth-order valence-corrected chi connectivity index (χ4v) is 4.87. The number of ether oxygens (including phenoxy) is 1. The van der Waals surface area contributed by atoms with Crippen LogP contribution >= 0.6 is 0 Å². The molecule has 2 heterocycles. The minimum absolute atomic E-state index is 0.164. The van der Waals surface area contributed by atoms with Crippen molar-refractivity contribution in [2.75, 3.05) is 19.7 Å². The van der Waals surface area contributed by atoms with Crippen LogP contribution in [0.3, 0.4) is 0 Å². The fourth-order valence-electron chi connectivity index (χ4n) is 4.87. The number of nitrogens with one attached hydrogen (secondary N) is 3. The molecule has 3 rings (SSSR count). The minimum atomic E-state index is -3.39. The zero-order chi connectivity index (χ0) is 31.8.